The molecule has 0 spiro atoms. The molecule has 2 aliphatic heterocycles. The molecule has 2 heterocycles. The Morgan fingerprint density at radius 1 is 1.17 bits per heavy atom. The third kappa shape index (κ3) is 4.19. The first-order valence-electron chi connectivity index (χ1n) is 8.17. The number of rotatable bonds is 3. The number of hydrogen-bond donors (Lipinski definition) is 0. The first-order valence-corrected chi connectivity index (χ1v) is 8.92. The Labute approximate surface area is 150 Å². The van der Waals surface area contributed by atoms with Gasteiger partial charge >= 0.3 is 0 Å². The number of halogens is 4. The highest BCUT2D eigenvalue weighted by Gasteiger charge is 2.38. The highest BCUT2D eigenvalue weighted by Crippen LogP contribution is 2.30. The largest absolute Gasteiger partial charge is 0.342 e. The summed E-state index contributed by atoms with van der Waals surface area (Å²) in [5, 5.41) is 1.05. The molecule has 7 heteroatoms. The molecule has 132 valence electrons. The van der Waals surface area contributed by atoms with Crippen LogP contribution in [0, 0.1) is 5.92 Å². The molecule has 0 N–H and O–H groups in total. The molecule has 0 bridgehead atoms. The van der Waals surface area contributed by atoms with Crippen LogP contribution >= 0.6 is 23.2 Å². The fourth-order valence-corrected chi connectivity index (χ4v) is 3.71. The highest BCUT2D eigenvalue weighted by molar-refractivity contribution is 6.42. The van der Waals surface area contributed by atoms with Crippen LogP contribution in [0.1, 0.15) is 24.8 Å². The molecule has 2 saturated heterocycles. The standard InChI is InChI=1S/C17H20Cl2F2N2O/c18-14-2-1-12(9-15(14)19)10-22-6-3-13(11-22)16(24)23-7-4-17(20,21)5-8-23/h1-2,9,13H,3-8,10-11H2. The average Bonchev–Trinajstić information content (AvgIpc) is 2.99. The number of likely N-dealkylation sites (tertiary alicyclic amines) is 2. The predicted octanol–water partition coefficient (Wildman–Crippen LogP) is 4.07. The van der Waals surface area contributed by atoms with E-state index >= 15 is 0 Å². The van der Waals surface area contributed by atoms with Gasteiger partial charge in [-0.05, 0) is 30.7 Å². The van der Waals surface area contributed by atoms with Crippen molar-refractivity contribution < 1.29 is 13.6 Å². The van der Waals surface area contributed by atoms with Gasteiger partial charge in [-0.15, -0.1) is 0 Å². The van der Waals surface area contributed by atoms with E-state index in [1.807, 2.05) is 12.1 Å². The summed E-state index contributed by atoms with van der Waals surface area (Å²) >= 11 is 11.9. The van der Waals surface area contributed by atoms with Gasteiger partial charge in [0.05, 0.1) is 16.0 Å². The van der Waals surface area contributed by atoms with Gasteiger partial charge < -0.3 is 4.90 Å². The molecule has 2 fully saturated rings. The first kappa shape index (κ1) is 17.9. The van der Waals surface area contributed by atoms with E-state index < -0.39 is 5.92 Å². The highest BCUT2D eigenvalue weighted by atomic mass is 35.5. The van der Waals surface area contributed by atoms with Gasteiger partial charge in [0.2, 0.25) is 5.91 Å². The topological polar surface area (TPSA) is 23.6 Å². The van der Waals surface area contributed by atoms with Crippen molar-refractivity contribution in [1.82, 2.24) is 9.80 Å². The molecule has 1 amide bonds. The zero-order valence-electron chi connectivity index (χ0n) is 13.3. The van der Waals surface area contributed by atoms with Gasteiger partial charge in [-0.3, -0.25) is 9.69 Å². The lowest BCUT2D eigenvalue weighted by molar-refractivity contribution is -0.141. The summed E-state index contributed by atoms with van der Waals surface area (Å²) in [5.74, 6) is -2.70. The third-order valence-electron chi connectivity index (χ3n) is 4.82. The predicted molar refractivity (Wildman–Crippen MR) is 90.6 cm³/mol. The Kier molecular flexibility index (Phi) is 5.33. The van der Waals surface area contributed by atoms with Crippen molar-refractivity contribution in [2.24, 2.45) is 5.92 Å². The molecule has 0 aromatic heterocycles. The van der Waals surface area contributed by atoms with Crippen LogP contribution in [-0.4, -0.2) is 47.8 Å². The molecule has 3 nitrogen and oxygen atoms in total. The molecule has 1 atom stereocenters. The summed E-state index contributed by atoms with van der Waals surface area (Å²) in [7, 11) is 0. The molecule has 1 aromatic carbocycles. The third-order valence-corrected chi connectivity index (χ3v) is 5.56. The molecule has 1 unspecified atom stereocenters. The van der Waals surface area contributed by atoms with Gasteiger partial charge in [0, 0.05) is 39.0 Å². The van der Waals surface area contributed by atoms with E-state index in [0.29, 0.717) is 23.1 Å². The number of carbonyl (C=O) groups excluding carboxylic acids is 1. The second-order valence-electron chi connectivity index (χ2n) is 6.65. The minimum Gasteiger partial charge on any atom is -0.342 e. The van der Waals surface area contributed by atoms with Crippen LogP contribution in [0.4, 0.5) is 8.78 Å². The molecular formula is C17H20Cl2F2N2O. The van der Waals surface area contributed by atoms with E-state index in [0.717, 1.165) is 18.5 Å². The maximum absolute atomic E-state index is 13.2. The Hall–Kier alpha value is -0.910. The van der Waals surface area contributed by atoms with E-state index in [1.165, 1.54) is 0 Å². The second kappa shape index (κ2) is 7.14. The van der Waals surface area contributed by atoms with E-state index in [1.54, 1.807) is 11.0 Å². The van der Waals surface area contributed by atoms with E-state index in [9.17, 15) is 13.6 Å². The fraction of sp³-hybridized carbons (Fsp3) is 0.588. The Balaban J connectivity index is 1.53. The van der Waals surface area contributed by atoms with E-state index in [4.69, 9.17) is 23.2 Å². The lowest BCUT2D eigenvalue weighted by atomic mass is 10.0. The quantitative estimate of drug-likeness (QED) is 0.793. The zero-order chi connectivity index (χ0) is 17.3. The smallest absolute Gasteiger partial charge is 0.251 e. The van der Waals surface area contributed by atoms with Gasteiger partial charge in [0.1, 0.15) is 0 Å². The number of alkyl halides is 2. The molecule has 2 aliphatic rings. The van der Waals surface area contributed by atoms with Crippen molar-refractivity contribution in [3.8, 4) is 0 Å². The van der Waals surface area contributed by atoms with Crippen molar-refractivity contribution in [1.29, 1.82) is 0 Å². The van der Waals surface area contributed by atoms with Crippen LogP contribution in [-0.2, 0) is 11.3 Å². The normalized spacial score (nSPS) is 24.3. The number of benzene rings is 1. The van der Waals surface area contributed by atoms with Crippen molar-refractivity contribution in [2.45, 2.75) is 31.7 Å². The van der Waals surface area contributed by atoms with Crippen LogP contribution in [0.15, 0.2) is 18.2 Å². The van der Waals surface area contributed by atoms with Crippen LogP contribution < -0.4 is 0 Å². The van der Waals surface area contributed by atoms with Crippen molar-refractivity contribution in [3.63, 3.8) is 0 Å². The fourth-order valence-electron chi connectivity index (χ4n) is 3.39. The van der Waals surface area contributed by atoms with Crippen LogP contribution in [0.2, 0.25) is 10.0 Å². The van der Waals surface area contributed by atoms with E-state index in [2.05, 4.69) is 4.90 Å². The summed E-state index contributed by atoms with van der Waals surface area (Å²) in [6.45, 7) is 2.51. The Bertz CT molecular complexity index is 617. The van der Waals surface area contributed by atoms with Crippen LogP contribution in [0.5, 0.6) is 0 Å². The maximum Gasteiger partial charge on any atom is 0.251 e. The molecule has 1 aromatic rings. The summed E-state index contributed by atoms with van der Waals surface area (Å²) in [6, 6.07) is 5.54. The first-order chi connectivity index (χ1) is 11.3. The van der Waals surface area contributed by atoms with Gasteiger partial charge in [-0.2, -0.15) is 0 Å². The van der Waals surface area contributed by atoms with Gasteiger partial charge in [-0.25, -0.2) is 8.78 Å². The molecule has 24 heavy (non-hydrogen) atoms. The zero-order valence-corrected chi connectivity index (χ0v) is 14.8. The van der Waals surface area contributed by atoms with Crippen molar-refractivity contribution >= 4 is 29.1 Å². The number of piperidine rings is 1. The van der Waals surface area contributed by atoms with Crippen molar-refractivity contribution in [2.75, 3.05) is 26.2 Å². The van der Waals surface area contributed by atoms with Gasteiger partial charge in [0.25, 0.3) is 5.92 Å². The summed E-state index contributed by atoms with van der Waals surface area (Å²) in [4.78, 5) is 16.3. The van der Waals surface area contributed by atoms with E-state index in [-0.39, 0.29) is 37.8 Å². The monoisotopic (exact) mass is 376 g/mol. The van der Waals surface area contributed by atoms with Crippen LogP contribution in [0.25, 0.3) is 0 Å². The summed E-state index contributed by atoms with van der Waals surface area (Å²) < 4.78 is 26.4. The average molecular weight is 377 g/mol. The Morgan fingerprint density at radius 3 is 2.54 bits per heavy atom. The maximum atomic E-state index is 13.2. The summed E-state index contributed by atoms with van der Waals surface area (Å²) in [5.41, 5.74) is 1.05. The van der Waals surface area contributed by atoms with Crippen LogP contribution in [0.3, 0.4) is 0 Å². The number of nitrogens with zero attached hydrogens (tertiary/aromatic N) is 2. The Morgan fingerprint density at radius 2 is 1.88 bits per heavy atom. The SMILES string of the molecule is O=C(C1CCN(Cc2ccc(Cl)c(Cl)c2)C1)N1CCC(F)(F)CC1. The lowest BCUT2D eigenvalue weighted by Crippen LogP contribution is -2.45. The summed E-state index contributed by atoms with van der Waals surface area (Å²) in [6.07, 6.45) is 0.323. The van der Waals surface area contributed by atoms with Crippen molar-refractivity contribution in [3.05, 3.63) is 33.8 Å². The lowest BCUT2D eigenvalue weighted by Gasteiger charge is -2.33. The number of carbonyl (C=O) groups is 1. The second-order valence-corrected chi connectivity index (χ2v) is 7.46. The number of hydrogen-bond acceptors (Lipinski definition) is 2. The molecule has 3 rings (SSSR count). The minimum atomic E-state index is -2.62. The molecular weight excluding hydrogens is 357 g/mol. The van der Waals surface area contributed by atoms with Gasteiger partial charge in [-0.1, -0.05) is 29.3 Å². The minimum absolute atomic E-state index is 0.0159. The molecule has 0 radical (unpaired) electrons. The number of amides is 1. The molecule has 0 aliphatic carbocycles. The van der Waals surface area contributed by atoms with Gasteiger partial charge in [0.15, 0.2) is 0 Å². The molecule has 0 saturated carbocycles.